The summed E-state index contributed by atoms with van der Waals surface area (Å²) in [5, 5.41) is 34.4. The molecular weight excluding hydrogens is 392 g/mol. The van der Waals surface area contributed by atoms with Crippen molar-refractivity contribution < 1.29 is 5.11 Å². The maximum absolute atomic E-state index is 10.6. The number of nitrogens with zero attached hydrogens (tertiary/aromatic N) is 4. The standard InChI is InChI=1S/C22H18N8O/c23-10-15-18(25)17-19(28-22(27-11-24)30-21(17)29-20(15)26)14-9-13(6-7-16(14)31)8-12-4-2-1-3-5-12/h1-7,9,19,31H,8H2,(H6,25,26,27,28,29,30). The van der Waals surface area contributed by atoms with Gasteiger partial charge in [0.1, 0.15) is 35.1 Å². The van der Waals surface area contributed by atoms with Crippen LogP contribution in [-0.4, -0.2) is 16.1 Å². The number of nitrogens with one attached hydrogen (secondary N) is 2. The van der Waals surface area contributed by atoms with Crippen LogP contribution in [0.5, 0.6) is 5.75 Å². The second-order valence-corrected chi connectivity index (χ2v) is 6.96. The molecular formula is C22H18N8O. The van der Waals surface area contributed by atoms with Gasteiger partial charge in [-0.1, -0.05) is 36.4 Å². The van der Waals surface area contributed by atoms with Crippen molar-refractivity contribution in [3.05, 3.63) is 76.3 Å². The molecule has 9 nitrogen and oxygen atoms in total. The Morgan fingerprint density at radius 3 is 2.58 bits per heavy atom. The van der Waals surface area contributed by atoms with Gasteiger partial charge >= 0.3 is 0 Å². The van der Waals surface area contributed by atoms with Crippen molar-refractivity contribution in [1.82, 2.24) is 10.3 Å². The molecule has 0 saturated heterocycles. The van der Waals surface area contributed by atoms with Gasteiger partial charge in [0.25, 0.3) is 0 Å². The van der Waals surface area contributed by atoms with Crippen LogP contribution in [-0.2, 0) is 6.42 Å². The number of hydrogen-bond acceptors (Lipinski definition) is 9. The van der Waals surface area contributed by atoms with Crippen molar-refractivity contribution in [2.45, 2.75) is 12.5 Å². The molecule has 0 spiro atoms. The number of aromatic hydroxyl groups is 1. The lowest BCUT2D eigenvalue weighted by Crippen LogP contribution is -2.32. The normalized spacial score (nSPS) is 14.4. The molecule has 4 rings (SSSR count). The molecule has 0 saturated carbocycles. The Balaban J connectivity index is 1.86. The van der Waals surface area contributed by atoms with E-state index in [0.29, 0.717) is 17.5 Å². The number of nitrogen functional groups attached to an aromatic ring is 2. The number of fused-ring (bicyclic) bond motifs is 1. The zero-order chi connectivity index (χ0) is 22.0. The molecule has 1 atom stereocenters. The average molecular weight is 410 g/mol. The predicted molar refractivity (Wildman–Crippen MR) is 117 cm³/mol. The lowest BCUT2D eigenvalue weighted by Gasteiger charge is -2.26. The first kappa shape index (κ1) is 19.6. The number of pyridine rings is 1. The number of nitrogens with two attached hydrogens (primary N) is 2. The van der Waals surface area contributed by atoms with Gasteiger partial charge in [-0.2, -0.15) is 10.5 Å². The number of aliphatic imine (C=N–C) groups is 1. The third-order valence-corrected chi connectivity index (χ3v) is 5.00. The van der Waals surface area contributed by atoms with E-state index in [2.05, 4.69) is 20.6 Å². The molecule has 1 unspecified atom stereocenters. The van der Waals surface area contributed by atoms with E-state index in [1.54, 1.807) is 12.3 Å². The highest BCUT2D eigenvalue weighted by atomic mass is 16.3. The van der Waals surface area contributed by atoms with E-state index in [4.69, 9.17) is 16.7 Å². The SMILES string of the molecule is N#CNC1=NC(c2cc(Cc3ccccc3)ccc2O)c2c(nc(N)c(C#N)c2N)N1. The van der Waals surface area contributed by atoms with Crippen LogP contribution < -0.4 is 22.1 Å². The van der Waals surface area contributed by atoms with Crippen molar-refractivity contribution in [1.29, 1.82) is 10.5 Å². The van der Waals surface area contributed by atoms with Gasteiger partial charge in [-0.3, -0.25) is 5.32 Å². The summed E-state index contributed by atoms with van der Waals surface area (Å²) < 4.78 is 0. The summed E-state index contributed by atoms with van der Waals surface area (Å²) in [4.78, 5) is 8.73. The van der Waals surface area contributed by atoms with Crippen molar-refractivity contribution in [2.24, 2.45) is 4.99 Å². The maximum atomic E-state index is 10.6. The number of nitriles is 2. The zero-order valence-electron chi connectivity index (χ0n) is 16.3. The number of phenols is 1. The van der Waals surface area contributed by atoms with Gasteiger partial charge in [0.05, 0.1) is 5.69 Å². The molecule has 31 heavy (non-hydrogen) atoms. The molecule has 0 aliphatic carbocycles. The highest BCUT2D eigenvalue weighted by molar-refractivity contribution is 5.98. The first-order valence-corrected chi connectivity index (χ1v) is 9.36. The van der Waals surface area contributed by atoms with E-state index in [-0.39, 0.29) is 34.6 Å². The molecule has 9 heteroatoms. The number of anilines is 3. The van der Waals surface area contributed by atoms with E-state index in [9.17, 15) is 10.4 Å². The van der Waals surface area contributed by atoms with Crippen LogP contribution in [0.2, 0.25) is 0 Å². The zero-order valence-corrected chi connectivity index (χ0v) is 16.3. The van der Waals surface area contributed by atoms with Crippen LogP contribution in [0.15, 0.2) is 53.5 Å². The van der Waals surface area contributed by atoms with Crippen molar-refractivity contribution in [3.63, 3.8) is 0 Å². The lowest BCUT2D eigenvalue weighted by atomic mass is 9.92. The Labute approximate surface area is 178 Å². The minimum Gasteiger partial charge on any atom is -0.508 e. The number of rotatable bonds is 3. The van der Waals surface area contributed by atoms with Crippen molar-refractivity contribution >= 4 is 23.3 Å². The smallest absolute Gasteiger partial charge is 0.211 e. The Bertz CT molecular complexity index is 1270. The van der Waals surface area contributed by atoms with Crippen molar-refractivity contribution in [3.8, 4) is 18.0 Å². The highest BCUT2D eigenvalue weighted by Gasteiger charge is 2.31. The summed E-state index contributed by atoms with van der Waals surface area (Å²) in [6.45, 7) is 0. The fourth-order valence-corrected chi connectivity index (χ4v) is 3.57. The molecule has 3 aromatic rings. The third kappa shape index (κ3) is 3.63. The second kappa shape index (κ2) is 7.93. The van der Waals surface area contributed by atoms with Gasteiger partial charge in [0.15, 0.2) is 6.19 Å². The summed E-state index contributed by atoms with van der Waals surface area (Å²) in [5.74, 6) is 0.359. The Morgan fingerprint density at radius 1 is 1.10 bits per heavy atom. The van der Waals surface area contributed by atoms with Crippen LogP contribution in [0.1, 0.15) is 33.9 Å². The largest absolute Gasteiger partial charge is 0.508 e. The predicted octanol–water partition coefficient (Wildman–Crippen LogP) is 2.36. The molecule has 2 heterocycles. The second-order valence-electron chi connectivity index (χ2n) is 6.96. The number of benzene rings is 2. The average Bonchev–Trinajstić information content (AvgIpc) is 2.75. The van der Waals surface area contributed by atoms with E-state index in [0.717, 1.165) is 11.1 Å². The van der Waals surface area contributed by atoms with Gasteiger partial charge in [0, 0.05) is 11.1 Å². The summed E-state index contributed by atoms with van der Waals surface area (Å²) in [5.41, 5.74) is 15.2. The van der Waals surface area contributed by atoms with Crippen LogP contribution in [0, 0.1) is 22.8 Å². The first-order chi connectivity index (χ1) is 15.0. The van der Waals surface area contributed by atoms with Gasteiger partial charge in [0.2, 0.25) is 5.96 Å². The third-order valence-electron chi connectivity index (χ3n) is 5.00. The van der Waals surface area contributed by atoms with Crippen LogP contribution in [0.3, 0.4) is 0 Å². The Hall–Kier alpha value is -4.76. The monoisotopic (exact) mass is 410 g/mol. The molecule has 152 valence electrons. The molecule has 7 N–H and O–H groups in total. The summed E-state index contributed by atoms with van der Waals surface area (Å²) in [6, 6.07) is 16.3. The minimum absolute atomic E-state index is 0.00412. The molecule has 0 fully saturated rings. The van der Waals surface area contributed by atoms with Crippen LogP contribution in [0.25, 0.3) is 0 Å². The quantitative estimate of drug-likeness (QED) is 0.324. The van der Waals surface area contributed by atoms with E-state index < -0.39 is 6.04 Å². The highest BCUT2D eigenvalue weighted by Crippen LogP contribution is 2.43. The summed E-state index contributed by atoms with van der Waals surface area (Å²) in [6.07, 6.45) is 2.45. The molecule has 2 aromatic carbocycles. The summed E-state index contributed by atoms with van der Waals surface area (Å²) >= 11 is 0. The van der Waals surface area contributed by atoms with Crippen LogP contribution >= 0.6 is 0 Å². The molecule has 0 radical (unpaired) electrons. The van der Waals surface area contributed by atoms with Gasteiger partial charge in [-0.05, 0) is 29.7 Å². The van der Waals surface area contributed by atoms with E-state index >= 15 is 0 Å². The minimum atomic E-state index is -0.803. The Kier molecular flexibility index (Phi) is 5.00. The van der Waals surface area contributed by atoms with Gasteiger partial charge in [-0.25, -0.2) is 9.98 Å². The Morgan fingerprint density at radius 2 is 1.87 bits per heavy atom. The van der Waals surface area contributed by atoms with Gasteiger partial charge < -0.3 is 21.9 Å². The summed E-state index contributed by atoms with van der Waals surface area (Å²) in [7, 11) is 0. The maximum Gasteiger partial charge on any atom is 0.211 e. The number of phenolic OH excluding ortho intramolecular Hbond substituents is 1. The molecule has 0 amide bonds. The number of aromatic nitrogens is 1. The first-order valence-electron chi connectivity index (χ1n) is 9.36. The number of hydrogen-bond donors (Lipinski definition) is 5. The van der Waals surface area contributed by atoms with Crippen molar-refractivity contribution in [2.75, 3.05) is 16.8 Å². The van der Waals surface area contributed by atoms with E-state index in [1.165, 1.54) is 0 Å². The molecule has 1 aromatic heterocycles. The van der Waals surface area contributed by atoms with E-state index in [1.807, 2.05) is 48.5 Å². The molecule has 1 aliphatic rings. The fraction of sp³-hybridized carbons (Fsp3) is 0.0909. The molecule has 1 aliphatic heterocycles. The fourth-order valence-electron chi connectivity index (χ4n) is 3.57. The topological polar surface area (TPSA) is 169 Å². The van der Waals surface area contributed by atoms with Gasteiger partial charge in [-0.15, -0.1) is 0 Å². The lowest BCUT2D eigenvalue weighted by molar-refractivity contribution is 0.465. The van der Waals surface area contributed by atoms with Crippen LogP contribution in [0.4, 0.5) is 17.3 Å². The molecule has 0 bridgehead atoms. The number of guanidine groups is 1.